The van der Waals surface area contributed by atoms with Crippen molar-refractivity contribution in [2.45, 2.75) is 0 Å². The Kier molecular flexibility index (Phi) is 5.75. The average molecular weight is 451 g/mol. The largest absolute Gasteiger partial charge is 0.366 e. The third-order valence-electron chi connectivity index (χ3n) is 4.70. The van der Waals surface area contributed by atoms with Crippen LogP contribution < -0.4 is 11.1 Å². The summed E-state index contributed by atoms with van der Waals surface area (Å²) in [7, 11) is 0. The van der Waals surface area contributed by atoms with E-state index in [0.717, 1.165) is 22.2 Å². The molecule has 4 aromatic rings. The lowest BCUT2D eigenvalue weighted by molar-refractivity contribution is 0.0977. The van der Waals surface area contributed by atoms with Crippen LogP contribution in [0.3, 0.4) is 0 Å². The highest BCUT2D eigenvalue weighted by atomic mass is 35.5. The fourth-order valence-electron chi connectivity index (χ4n) is 3.16. The predicted octanol–water partition coefficient (Wildman–Crippen LogP) is 5.39. The Morgan fingerprint density at radius 1 is 0.935 bits per heavy atom. The zero-order valence-corrected chi connectivity index (χ0v) is 17.5. The van der Waals surface area contributed by atoms with E-state index in [-0.39, 0.29) is 21.2 Å². The molecule has 1 heterocycles. The van der Waals surface area contributed by atoms with E-state index >= 15 is 0 Å². The number of hydrogen-bond donors (Lipinski definition) is 3. The number of halogens is 2. The van der Waals surface area contributed by atoms with Gasteiger partial charge in [0.2, 0.25) is 5.91 Å². The molecule has 0 radical (unpaired) electrons. The number of amides is 2. The SMILES string of the molecule is NC(=O)c1cc(Cl)c(Cl)cc1C(=O)Nc1ccccc1/C=C/c1n[nH]c2ccccc12. The number of carbonyl (C=O) groups excluding carboxylic acids is 2. The Labute approximate surface area is 187 Å². The van der Waals surface area contributed by atoms with Crippen molar-refractivity contribution in [3.8, 4) is 0 Å². The lowest BCUT2D eigenvalue weighted by Crippen LogP contribution is -2.20. The van der Waals surface area contributed by atoms with E-state index in [1.165, 1.54) is 12.1 Å². The molecule has 0 saturated carbocycles. The van der Waals surface area contributed by atoms with Crippen LogP contribution in [0.5, 0.6) is 0 Å². The van der Waals surface area contributed by atoms with Crippen LogP contribution in [0.25, 0.3) is 23.1 Å². The zero-order valence-electron chi connectivity index (χ0n) is 16.0. The van der Waals surface area contributed by atoms with Crippen molar-refractivity contribution in [1.29, 1.82) is 0 Å². The number of anilines is 1. The molecule has 0 saturated heterocycles. The van der Waals surface area contributed by atoms with Gasteiger partial charge in [-0.15, -0.1) is 0 Å². The van der Waals surface area contributed by atoms with E-state index in [1.807, 2.05) is 48.6 Å². The Bertz CT molecular complexity index is 1340. The van der Waals surface area contributed by atoms with Crippen molar-refractivity contribution in [2.24, 2.45) is 5.73 Å². The van der Waals surface area contributed by atoms with Crippen LogP contribution in [0.2, 0.25) is 10.0 Å². The molecule has 0 aliphatic heterocycles. The Morgan fingerprint density at radius 2 is 1.61 bits per heavy atom. The van der Waals surface area contributed by atoms with Gasteiger partial charge in [0.1, 0.15) is 0 Å². The molecule has 6 nitrogen and oxygen atoms in total. The molecule has 1 aromatic heterocycles. The van der Waals surface area contributed by atoms with Crippen LogP contribution in [-0.2, 0) is 0 Å². The minimum atomic E-state index is -0.776. The predicted molar refractivity (Wildman–Crippen MR) is 124 cm³/mol. The van der Waals surface area contributed by atoms with E-state index in [2.05, 4.69) is 15.5 Å². The van der Waals surface area contributed by atoms with Crippen LogP contribution in [0.15, 0.2) is 60.7 Å². The summed E-state index contributed by atoms with van der Waals surface area (Å²) < 4.78 is 0. The second-order valence-electron chi connectivity index (χ2n) is 6.71. The van der Waals surface area contributed by atoms with Gasteiger partial charge < -0.3 is 11.1 Å². The van der Waals surface area contributed by atoms with Gasteiger partial charge in [0.05, 0.1) is 32.4 Å². The lowest BCUT2D eigenvalue weighted by Gasteiger charge is -2.11. The van der Waals surface area contributed by atoms with E-state index in [0.29, 0.717) is 5.69 Å². The minimum absolute atomic E-state index is 0.0112. The number of rotatable bonds is 5. The summed E-state index contributed by atoms with van der Waals surface area (Å²) in [5.41, 5.74) is 8.44. The van der Waals surface area contributed by atoms with Gasteiger partial charge in [-0.25, -0.2) is 0 Å². The van der Waals surface area contributed by atoms with Crippen molar-refractivity contribution in [2.75, 3.05) is 5.32 Å². The summed E-state index contributed by atoms with van der Waals surface area (Å²) in [5, 5.41) is 11.4. The van der Waals surface area contributed by atoms with Gasteiger partial charge in [-0.05, 0) is 35.9 Å². The summed E-state index contributed by atoms with van der Waals surface area (Å²) in [6.45, 7) is 0. The monoisotopic (exact) mass is 450 g/mol. The number of benzene rings is 3. The van der Waals surface area contributed by atoms with Crippen LogP contribution in [0.4, 0.5) is 5.69 Å². The van der Waals surface area contributed by atoms with Crippen molar-refractivity contribution < 1.29 is 9.59 Å². The molecule has 4 N–H and O–H groups in total. The maximum atomic E-state index is 12.9. The lowest BCUT2D eigenvalue weighted by atomic mass is 10.1. The van der Waals surface area contributed by atoms with Crippen LogP contribution in [-0.4, -0.2) is 22.0 Å². The molecule has 4 rings (SSSR count). The third-order valence-corrected chi connectivity index (χ3v) is 5.42. The molecular weight excluding hydrogens is 435 g/mol. The van der Waals surface area contributed by atoms with Gasteiger partial charge in [0.15, 0.2) is 0 Å². The molecule has 154 valence electrons. The first-order valence-corrected chi connectivity index (χ1v) is 10.00. The molecule has 3 aromatic carbocycles. The van der Waals surface area contributed by atoms with Crippen LogP contribution >= 0.6 is 23.2 Å². The Balaban J connectivity index is 1.65. The number of H-pyrrole nitrogens is 1. The Morgan fingerprint density at radius 3 is 2.39 bits per heavy atom. The van der Waals surface area contributed by atoms with E-state index < -0.39 is 11.8 Å². The molecule has 2 amide bonds. The molecule has 8 heteroatoms. The molecule has 0 bridgehead atoms. The molecule has 31 heavy (non-hydrogen) atoms. The second kappa shape index (κ2) is 8.63. The number of carbonyl (C=O) groups is 2. The number of hydrogen-bond acceptors (Lipinski definition) is 3. The number of fused-ring (bicyclic) bond motifs is 1. The van der Waals surface area contributed by atoms with E-state index in [1.54, 1.807) is 12.1 Å². The molecular formula is C23H16Cl2N4O2. The van der Waals surface area contributed by atoms with Crippen molar-refractivity contribution >= 4 is 63.8 Å². The zero-order chi connectivity index (χ0) is 22.0. The highest BCUT2D eigenvalue weighted by molar-refractivity contribution is 6.42. The normalized spacial score (nSPS) is 11.2. The second-order valence-corrected chi connectivity index (χ2v) is 7.52. The topological polar surface area (TPSA) is 101 Å². The summed E-state index contributed by atoms with van der Waals surface area (Å²) >= 11 is 12.0. The number of primary amides is 1. The quantitative estimate of drug-likeness (QED) is 0.379. The van der Waals surface area contributed by atoms with Crippen molar-refractivity contribution in [3.05, 3.63) is 93.1 Å². The first-order valence-electron chi connectivity index (χ1n) is 9.24. The summed E-state index contributed by atoms with van der Waals surface area (Å²) in [4.78, 5) is 24.7. The average Bonchev–Trinajstić information content (AvgIpc) is 3.17. The molecule has 0 atom stereocenters. The number of aromatic amines is 1. The van der Waals surface area contributed by atoms with Gasteiger partial charge in [-0.2, -0.15) is 5.10 Å². The van der Waals surface area contributed by atoms with Gasteiger partial charge in [0.25, 0.3) is 5.91 Å². The van der Waals surface area contributed by atoms with Gasteiger partial charge in [-0.1, -0.05) is 65.7 Å². The van der Waals surface area contributed by atoms with E-state index in [4.69, 9.17) is 28.9 Å². The van der Waals surface area contributed by atoms with Crippen molar-refractivity contribution in [3.63, 3.8) is 0 Å². The summed E-state index contributed by atoms with van der Waals surface area (Å²) in [5.74, 6) is -1.30. The molecule has 0 spiro atoms. The minimum Gasteiger partial charge on any atom is -0.366 e. The highest BCUT2D eigenvalue weighted by Crippen LogP contribution is 2.27. The van der Waals surface area contributed by atoms with E-state index in [9.17, 15) is 9.59 Å². The summed E-state index contributed by atoms with van der Waals surface area (Å²) in [6.07, 6.45) is 3.71. The fourth-order valence-corrected chi connectivity index (χ4v) is 3.49. The standard InChI is InChI=1S/C23H16Cl2N4O2/c24-17-11-15(22(26)30)16(12-18(17)25)23(31)27-19-7-3-1-5-13(19)9-10-21-14-6-2-4-8-20(14)28-29-21/h1-12H,(H2,26,30)(H,27,31)(H,28,29)/b10-9+. The number of nitrogens with one attached hydrogen (secondary N) is 2. The molecule has 0 unspecified atom stereocenters. The van der Waals surface area contributed by atoms with Gasteiger partial charge in [0, 0.05) is 11.1 Å². The van der Waals surface area contributed by atoms with Crippen LogP contribution in [0, 0.1) is 0 Å². The maximum absolute atomic E-state index is 12.9. The number of nitrogens with two attached hydrogens (primary N) is 1. The number of para-hydroxylation sites is 2. The number of aromatic nitrogens is 2. The first kappa shape index (κ1) is 20.7. The Hall–Kier alpha value is -3.61. The smallest absolute Gasteiger partial charge is 0.256 e. The molecule has 0 fully saturated rings. The van der Waals surface area contributed by atoms with Crippen molar-refractivity contribution in [1.82, 2.24) is 10.2 Å². The number of nitrogens with zero attached hydrogens (tertiary/aromatic N) is 1. The first-order chi connectivity index (χ1) is 14.9. The molecule has 0 aliphatic carbocycles. The van der Waals surface area contributed by atoms with Crippen LogP contribution in [0.1, 0.15) is 32.0 Å². The fraction of sp³-hybridized carbons (Fsp3) is 0. The van der Waals surface area contributed by atoms with Gasteiger partial charge in [-0.3, -0.25) is 14.7 Å². The van der Waals surface area contributed by atoms with Gasteiger partial charge >= 0.3 is 0 Å². The summed E-state index contributed by atoms with van der Waals surface area (Å²) in [6, 6.07) is 17.7. The molecule has 0 aliphatic rings. The maximum Gasteiger partial charge on any atom is 0.256 e. The third kappa shape index (κ3) is 4.30. The highest BCUT2D eigenvalue weighted by Gasteiger charge is 2.19.